The molecule has 1 saturated heterocycles. The molecule has 0 bridgehead atoms. The molecule has 0 aromatic carbocycles. The average Bonchev–Trinajstić information content (AvgIpc) is 2.47. The summed E-state index contributed by atoms with van der Waals surface area (Å²) in [4.78, 5) is 14.7. The zero-order chi connectivity index (χ0) is 14.8. The number of piperidine rings is 1. The number of nitrogens with zero attached hydrogens (tertiary/aromatic N) is 2. The van der Waals surface area contributed by atoms with Crippen LogP contribution in [-0.4, -0.2) is 34.9 Å². The number of amides is 1. The Hall–Kier alpha value is -1.26. The summed E-state index contributed by atoms with van der Waals surface area (Å²) < 4.78 is 0. The highest BCUT2D eigenvalue weighted by molar-refractivity contribution is 5.86. The Morgan fingerprint density at radius 1 is 1.05 bits per heavy atom. The van der Waals surface area contributed by atoms with Crippen molar-refractivity contribution in [3.8, 4) is 0 Å². The molecule has 3 N–H and O–H groups in total. The molecule has 1 aliphatic heterocycles. The molecule has 1 heterocycles. The van der Waals surface area contributed by atoms with Crippen LogP contribution >= 0.6 is 0 Å². The van der Waals surface area contributed by atoms with Crippen LogP contribution in [0.2, 0.25) is 0 Å². The summed E-state index contributed by atoms with van der Waals surface area (Å²) in [6.07, 6.45) is 7.15. The van der Waals surface area contributed by atoms with Gasteiger partial charge in [0.15, 0.2) is 0 Å². The largest absolute Gasteiger partial charge is 0.409 e. The van der Waals surface area contributed by atoms with Crippen molar-refractivity contribution < 1.29 is 10.0 Å². The van der Waals surface area contributed by atoms with Gasteiger partial charge in [-0.1, -0.05) is 38.3 Å². The maximum absolute atomic E-state index is 12.7. The van der Waals surface area contributed by atoms with E-state index in [1.807, 2.05) is 11.8 Å². The third kappa shape index (κ3) is 2.76. The predicted molar refractivity (Wildman–Crippen MR) is 78.5 cm³/mol. The Balaban J connectivity index is 1.98. The van der Waals surface area contributed by atoms with Crippen molar-refractivity contribution in [1.82, 2.24) is 4.90 Å². The minimum Gasteiger partial charge on any atom is -0.409 e. The van der Waals surface area contributed by atoms with Gasteiger partial charge in [-0.05, 0) is 25.7 Å². The molecule has 1 amide bonds. The predicted octanol–water partition coefficient (Wildman–Crippen LogP) is 2.33. The van der Waals surface area contributed by atoms with Crippen molar-refractivity contribution in [2.75, 3.05) is 13.1 Å². The van der Waals surface area contributed by atoms with Crippen molar-refractivity contribution >= 4 is 11.7 Å². The van der Waals surface area contributed by atoms with Crippen molar-refractivity contribution in [1.29, 1.82) is 0 Å². The summed E-state index contributed by atoms with van der Waals surface area (Å²) in [6.45, 7) is 5.54. The highest BCUT2D eigenvalue weighted by Gasteiger charge is 2.41. The molecule has 20 heavy (non-hydrogen) atoms. The van der Waals surface area contributed by atoms with E-state index in [-0.39, 0.29) is 16.7 Å². The van der Waals surface area contributed by atoms with E-state index in [0.29, 0.717) is 19.0 Å². The maximum Gasteiger partial charge on any atom is 0.228 e. The Morgan fingerprint density at radius 3 is 2.10 bits per heavy atom. The Bertz CT molecular complexity index is 392. The molecule has 2 aliphatic rings. The van der Waals surface area contributed by atoms with Gasteiger partial charge in [0, 0.05) is 23.9 Å². The van der Waals surface area contributed by atoms with Gasteiger partial charge in [-0.2, -0.15) is 0 Å². The summed E-state index contributed by atoms with van der Waals surface area (Å²) in [5, 5.41) is 12.0. The number of amidine groups is 1. The Morgan fingerprint density at radius 2 is 1.60 bits per heavy atom. The van der Waals surface area contributed by atoms with Crippen LogP contribution < -0.4 is 5.73 Å². The zero-order valence-corrected chi connectivity index (χ0v) is 12.7. The average molecular weight is 281 g/mol. The molecule has 1 saturated carbocycles. The summed E-state index contributed by atoms with van der Waals surface area (Å²) in [6, 6.07) is 0. The van der Waals surface area contributed by atoms with Gasteiger partial charge in [-0.25, -0.2) is 0 Å². The lowest BCUT2D eigenvalue weighted by molar-refractivity contribution is -0.144. The molecule has 5 heteroatoms. The van der Waals surface area contributed by atoms with Crippen molar-refractivity contribution in [2.24, 2.45) is 21.7 Å². The van der Waals surface area contributed by atoms with Crippen LogP contribution in [0.4, 0.5) is 0 Å². The van der Waals surface area contributed by atoms with Gasteiger partial charge in [0.25, 0.3) is 0 Å². The summed E-state index contributed by atoms with van der Waals surface area (Å²) in [5.74, 6) is 0.590. The van der Waals surface area contributed by atoms with Crippen LogP contribution in [0, 0.1) is 10.8 Å². The van der Waals surface area contributed by atoms with Crippen LogP contribution in [-0.2, 0) is 4.79 Å². The van der Waals surface area contributed by atoms with Gasteiger partial charge in [0.2, 0.25) is 5.91 Å². The minimum atomic E-state index is -0.279. The van der Waals surface area contributed by atoms with Crippen molar-refractivity contribution in [3.63, 3.8) is 0 Å². The molecule has 0 unspecified atom stereocenters. The van der Waals surface area contributed by atoms with E-state index in [1.54, 1.807) is 0 Å². The first-order valence-corrected chi connectivity index (χ1v) is 7.69. The molecule has 5 nitrogen and oxygen atoms in total. The van der Waals surface area contributed by atoms with Gasteiger partial charge in [-0.3, -0.25) is 4.79 Å². The second kappa shape index (κ2) is 5.62. The minimum absolute atomic E-state index is 0.164. The lowest BCUT2D eigenvalue weighted by Crippen LogP contribution is -2.51. The van der Waals surface area contributed by atoms with Crippen LogP contribution in [0.15, 0.2) is 5.16 Å². The first kappa shape index (κ1) is 15.1. The first-order chi connectivity index (χ1) is 9.41. The zero-order valence-electron chi connectivity index (χ0n) is 12.7. The fourth-order valence-electron chi connectivity index (χ4n) is 3.51. The van der Waals surface area contributed by atoms with Crippen LogP contribution in [0.25, 0.3) is 0 Å². The number of rotatable bonds is 2. The molecular formula is C15H27N3O2. The van der Waals surface area contributed by atoms with E-state index in [1.165, 1.54) is 6.42 Å². The molecule has 0 aromatic heterocycles. The highest BCUT2D eigenvalue weighted by Crippen LogP contribution is 2.39. The number of likely N-dealkylation sites (tertiary alicyclic amines) is 1. The molecule has 2 fully saturated rings. The molecule has 0 aromatic rings. The van der Waals surface area contributed by atoms with Gasteiger partial charge in [0.1, 0.15) is 5.84 Å². The third-order valence-corrected chi connectivity index (χ3v) is 5.35. The quantitative estimate of drug-likeness (QED) is 0.353. The van der Waals surface area contributed by atoms with Gasteiger partial charge in [0.05, 0.1) is 0 Å². The van der Waals surface area contributed by atoms with E-state index in [0.717, 1.165) is 38.5 Å². The number of hydrogen-bond acceptors (Lipinski definition) is 3. The Labute approximate surface area is 121 Å². The molecule has 1 aliphatic carbocycles. The SMILES string of the molecule is CC1(C(=O)N2CCC(C)(C(N)=NO)CC2)CCCCC1. The Kier molecular flexibility index (Phi) is 4.25. The number of hydrogen-bond donors (Lipinski definition) is 2. The lowest BCUT2D eigenvalue weighted by Gasteiger charge is -2.43. The van der Waals surface area contributed by atoms with Crippen molar-refractivity contribution in [2.45, 2.75) is 58.8 Å². The second-order valence-corrected chi connectivity index (χ2v) is 6.96. The first-order valence-electron chi connectivity index (χ1n) is 7.69. The van der Waals surface area contributed by atoms with Gasteiger partial charge < -0.3 is 15.8 Å². The van der Waals surface area contributed by atoms with Crippen LogP contribution in [0.3, 0.4) is 0 Å². The van der Waals surface area contributed by atoms with Gasteiger partial charge in [-0.15, -0.1) is 0 Å². The summed E-state index contributed by atoms with van der Waals surface area (Å²) in [7, 11) is 0. The number of nitrogens with two attached hydrogens (primary N) is 1. The second-order valence-electron chi connectivity index (χ2n) is 6.96. The van der Waals surface area contributed by atoms with Crippen molar-refractivity contribution in [3.05, 3.63) is 0 Å². The maximum atomic E-state index is 12.7. The van der Waals surface area contributed by atoms with E-state index in [9.17, 15) is 4.79 Å². The fourth-order valence-corrected chi connectivity index (χ4v) is 3.51. The number of carbonyl (C=O) groups excluding carboxylic acids is 1. The molecule has 114 valence electrons. The molecule has 0 spiro atoms. The summed E-state index contributed by atoms with van der Waals surface area (Å²) >= 11 is 0. The van der Waals surface area contributed by atoms with E-state index < -0.39 is 0 Å². The van der Waals surface area contributed by atoms with E-state index in [4.69, 9.17) is 10.9 Å². The smallest absolute Gasteiger partial charge is 0.228 e. The molecule has 2 rings (SSSR count). The number of oxime groups is 1. The van der Waals surface area contributed by atoms with Crippen LogP contribution in [0.1, 0.15) is 58.8 Å². The lowest BCUT2D eigenvalue weighted by atomic mass is 9.73. The van der Waals surface area contributed by atoms with E-state index in [2.05, 4.69) is 12.1 Å². The fraction of sp³-hybridized carbons (Fsp3) is 0.867. The molecular weight excluding hydrogens is 254 g/mol. The molecule has 0 atom stereocenters. The third-order valence-electron chi connectivity index (χ3n) is 5.35. The summed E-state index contributed by atoms with van der Waals surface area (Å²) in [5.41, 5.74) is 5.33. The van der Waals surface area contributed by atoms with Crippen LogP contribution in [0.5, 0.6) is 0 Å². The van der Waals surface area contributed by atoms with Gasteiger partial charge >= 0.3 is 0 Å². The topological polar surface area (TPSA) is 78.9 Å². The molecule has 0 radical (unpaired) electrons. The standard InChI is InChI=1S/C15H27N3O2/c1-14(12(16)17-20)8-10-18(11-9-14)13(19)15(2)6-4-3-5-7-15/h20H,3-11H2,1-2H3,(H2,16,17). The van der Waals surface area contributed by atoms with E-state index >= 15 is 0 Å². The highest BCUT2D eigenvalue weighted by atomic mass is 16.4. The number of carbonyl (C=O) groups is 1. The normalized spacial score (nSPS) is 26.3. The monoisotopic (exact) mass is 281 g/mol.